The number of amides is 1. The van der Waals surface area contributed by atoms with Crippen molar-refractivity contribution < 1.29 is 4.79 Å². The molecule has 1 amide bonds. The number of hydrogen-bond donors (Lipinski definition) is 0. The molecule has 4 nitrogen and oxygen atoms in total. The van der Waals surface area contributed by atoms with Crippen LogP contribution < -0.4 is 0 Å². The van der Waals surface area contributed by atoms with Gasteiger partial charge in [0, 0.05) is 17.6 Å². The SMILES string of the molecule is Cc1ccncc1C(=O)N=O. The number of nitroso groups, excluding NO2 is 1. The van der Waals surface area contributed by atoms with Crippen molar-refractivity contribution in [1.82, 2.24) is 4.98 Å². The van der Waals surface area contributed by atoms with Crippen LogP contribution in [0.5, 0.6) is 0 Å². The molecule has 1 aromatic heterocycles. The second-order valence-electron chi connectivity index (χ2n) is 2.09. The molecule has 0 aliphatic carbocycles. The molecule has 0 atom stereocenters. The van der Waals surface area contributed by atoms with E-state index in [0.717, 1.165) is 0 Å². The van der Waals surface area contributed by atoms with E-state index in [1.807, 2.05) is 0 Å². The first kappa shape index (κ1) is 7.53. The monoisotopic (exact) mass is 150 g/mol. The Morgan fingerprint density at radius 1 is 1.64 bits per heavy atom. The van der Waals surface area contributed by atoms with Crippen molar-refractivity contribution in [2.24, 2.45) is 5.18 Å². The molecule has 0 bridgehead atoms. The van der Waals surface area contributed by atoms with Crippen LogP contribution in [0.3, 0.4) is 0 Å². The Bertz CT molecular complexity index is 296. The summed E-state index contributed by atoms with van der Waals surface area (Å²) >= 11 is 0. The number of pyridine rings is 1. The predicted molar refractivity (Wildman–Crippen MR) is 39.1 cm³/mol. The lowest BCUT2D eigenvalue weighted by Crippen LogP contribution is -1.97. The number of nitrogens with zero attached hydrogens (tertiary/aromatic N) is 2. The minimum absolute atomic E-state index is 0.266. The molecule has 1 aromatic rings. The van der Waals surface area contributed by atoms with Gasteiger partial charge in [-0.15, -0.1) is 4.91 Å². The maximum atomic E-state index is 10.7. The van der Waals surface area contributed by atoms with Crippen LogP contribution >= 0.6 is 0 Å². The average molecular weight is 150 g/mol. The van der Waals surface area contributed by atoms with Gasteiger partial charge in [0.2, 0.25) is 0 Å². The van der Waals surface area contributed by atoms with E-state index in [0.29, 0.717) is 5.56 Å². The summed E-state index contributed by atoms with van der Waals surface area (Å²) in [7, 11) is 0. The molecule has 0 saturated heterocycles. The van der Waals surface area contributed by atoms with Crippen molar-refractivity contribution in [3.05, 3.63) is 34.5 Å². The molecule has 0 N–H and O–H groups in total. The molecule has 0 unspecified atom stereocenters. The van der Waals surface area contributed by atoms with Crippen molar-refractivity contribution in [2.45, 2.75) is 6.92 Å². The Kier molecular flexibility index (Phi) is 2.06. The number of aromatic nitrogens is 1. The first-order chi connectivity index (χ1) is 5.25. The second kappa shape index (κ2) is 3.01. The summed E-state index contributed by atoms with van der Waals surface area (Å²) in [5.41, 5.74) is 0.979. The van der Waals surface area contributed by atoms with Gasteiger partial charge >= 0.3 is 5.91 Å². The molecule has 1 rings (SSSR count). The first-order valence-corrected chi connectivity index (χ1v) is 3.04. The third kappa shape index (κ3) is 1.46. The topological polar surface area (TPSA) is 59.4 Å². The summed E-state index contributed by atoms with van der Waals surface area (Å²) in [5.74, 6) is -0.768. The highest BCUT2D eigenvalue weighted by molar-refractivity contribution is 5.95. The van der Waals surface area contributed by atoms with E-state index in [4.69, 9.17) is 0 Å². The zero-order valence-electron chi connectivity index (χ0n) is 5.94. The predicted octanol–water partition coefficient (Wildman–Crippen LogP) is 1.30. The Balaban J connectivity index is 3.13. The van der Waals surface area contributed by atoms with Gasteiger partial charge in [0.15, 0.2) is 0 Å². The fourth-order valence-electron chi connectivity index (χ4n) is 0.737. The van der Waals surface area contributed by atoms with Gasteiger partial charge in [-0.3, -0.25) is 9.78 Å². The maximum Gasteiger partial charge on any atom is 0.318 e. The fraction of sp³-hybridized carbons (Fsp3) is 0.143. The maximum absolute atomic E-state index is 10.7. The molecular weight excluding hydrogens is 144 g/mol. The molecule has 0 aliphatic heterocycles. The van der Waals surface area contributed by atoms with Crippen LogP contribution in [-0.2, 0) is 0 Å². The van der Waals surface area contributed by atoms with Crippen molar-refractivity contribution in [3.8, 4) is 0 Å². The summed E-state index contributed by atoms with van der Waals surface area (Å²) in [6.45, 7) is 1.72. The molecule has 0 fully saturated rings. The van der Waals surface area contributed by atoms with Gasteiger partial charge in [-0.1, -0.05) is 0 Å². The van der Waals surface area contributed by atoms with Crippen molar-refractivity contribution in [1.29, 1.82) is 0 Å². The molecule has 4 heteroatoms. The minimum Gasteiger partial charge on any atom is -0.264 e. The third-order valence-electron chi connectivity index (χ3n) is 1.35. The molecule has 56 valence electrons. The van der Waals surface area contributed by atoms with Crippen LogP contribution in [0.15, 0.2) is 23.6 Å². The molecule has 0 aliphatic rings. The van der Waals surface area contributed by atoms with Crippen LogP contribution in [0.4, 0.5) is 0 Å². The number of aryl methyl sites for hydroxylation is 1. The van der Waals surface area contributed by atoms with Crippen LogP contribution in [-0.4, -0.2) is 10.9 Å². The number of rotatable bonds is 1. The summed E-state index contributed by atoms with van der Waals surface area (Å²) in [6.07, 6.45) is 2.88. The van der Waals surface area contributed by atoms with E-state index >= 15 is 0 Å². The van der Waals surface area contributed by atoms with Crippen LogP contribution in [0, 0.1) is 11.8 Å². The lowest BCUT2D eigenvalue weighted by molar-refractivity contribution is 0.1000. The van der Waals surface area contributed by atoms with Crippen LogP contribution in [0.1, 0.15) is 15.9 Å². The molecule has 0 spiro atoms. The summed E-state index contributed by atoms with van der Waals surface area (Å²) < 4.78 is 0. The Hall–Kier alpha value is -1.58. The van der Waals surface area contributed by atoms with E-state index in [2.05, 4.69) is 10.2 Å². The van der Waals surface area contributed by atoms with Gasteiger partial charge in [-0.2, -0.15) is 0 Å². The quantitative estimate of drug-likeness (QED) is 0.567. The van der Waals surface area contributed by atoms with E-state index in [9.17, 15) is 9.70 Å². The van der Waals surface area contributed by atoms with Gasteiger partial charge < -0.3 is 0 Å². The molecule has 11 heavy (non-hydrogen) atoms. The lowest BCUT2D eigenvalue weighted by Gasteiger charge is -1.95. The molecule has 1 heterocycles. The van der Waals surface area contributed by atoms with Crippen LogP contribution in [0.2, 0.25) is 0 Å². The van der Waals surface area contributed by atoms with Gasteiger partial charge in [-0.05, 0) is 18.6 Å². The molecular formula is C7H6N2O2. The van der Waals surface area contributed by atoms with Crippen molar-refractivity contribution in [3.63, 3.8) is 0 Å². The highest BCUT2D eigenvalue weighted by atomic mass is 16.3. The molecule has 0 aromatic carbocycles. The normalized spacial score (nSPS) is 9.18. The van der Waals surface area contributed by atoms with E-state index in [-0.39, 0.29) is 5.56 Å². The zero-order chi connectivity index (χ0) is 8.27. The van der Waals surface area contributed by atoms with E-state index in [1.165, 1.54) is 6.20 Å². The Morgan fingerprint density at radius 3 is 2.91 bits per heavy atom. The lowest BCUT2D eigenvalue weighted by atomic mass is 10.1. The van der Waals surface area contributed by atoms with Crippen LogP contribution in [0.25, 0.3) is 0 Å². The fourth-order valence-corrected chi connectivity index (χ4v) is 0.737. The largest absolute Gasteiger partial charge is 0.318 e. The average Bonchev–Trinajstić information content (AvgIpc) is 2.04. The van der Waals surface area contributed by atoms with Crippen molar-refractivity contribution >= 4 is 5.91 Å². The highest BCUT2D eigenvalue weighted by Gasteiger charge is 2.07. The second-order valence-corrected chi connectivity index (χ2v) is 2.09. The van der Waals surface area contributed by atoms with Gasteiger partial charge in [0.25, 0.3) is 0 Å². The summed E-state index contributed by atoms with van der Waals surface area (Å²) in [4.78, 5) is 24.2. The highest BCUT2D eigenvalue weighted by Crippen LogP contribution is 2.05. The van der Waals surface area contributed by atoms with Crippen molar-refractivity contribution in [2.75, 3.05) is 0 Å². The summed E-state index contributed by atoms with van der Waals surface area (Å²) in [6, 6.07) is 1.65. The number of carbonyl (C=O) groups is 1. The van der Waals surface area contributed by atoms with E-state index < -0.39 is 5.91 Å². The smallest absolute Gasteiger partial charge is 0.264 e. The Morgan fingerprint density at radius 2 is 2.36 bits per heavy atom. The number of carbonyl (C=O) groups excluding carboxylic acids is 1. The third-order valence-corrected chi connectivity index (χ3v) is 1.35. The zero-order valence-corrected chi connectivity index (χ0v) is 5.94. The first-order valence-electron chi connectivity index (χ1n) is 3.04. The standard InChI is InChI=1S/C7H6N2O2/c1-5-2-3-8-4-6(5)7(10)9-11/h2-4H,1H3. The van der Waals surface area contributed by atoms with Gasteiger partial charge in [-0.25, -0.2) is 0 Å². The number of hydrogen-bond acceptors (Lipinski definition) is 3. The van der Waals surface area contributed by atoms with E-state index in [1.54, 1.807) is 19.2 Å². The van der Waals surface area contributed by atoms with Gasteiger partial charge in [0.1, 0.15) is 0 Å². The molecule has 0 radical (unpaired) electrons. The molecule has 0 saturated carbocycles. The summed E-state index contributed by atoms with van der Waals surface area (Å²) in [5, 5.41) is 2.29. The minimum atomic E-state index is -0.768. The van der Waals surface area contributed by atoms with Gasteiger partial charge in [0.05, 0.1) is 5.56 Å². The Labute approximate surface area is 63.2 Å².